The van der Waals surface area contributed by atoms with Crippen LogP contribution in [0.5, 0.6) is 11.5 Å². The van der Waals surface area contributed by atoms with Gasteiger partial charge in [0.05, 0.1) is 11.6 Å². The summed E-state index contributed by atoms with van der Waals surface area (Å²) < 4.78 is 73.8. The van der Waals surface area contributed by atoms with Crippen molar-refractivity contribution >= 4 is 26.0 Å². The number of halogens is 4. The highest BCUT2D eigenvalue weighted by molar-refractivity contribution is 9.10. The quantitative estimate of drug-likeness (QED) is 0.690. The van der Waals surface area contributed by atoms with Crippen molar-refractivity contribution < 1.29 is 31.1 Å². The molecule has 2 rings (SSSR count). The average molecular weight is 454 g/mol. The predicted octanol–water partition coefficient (Wildman–Crippen LogP) is 3.88. The topological polar surface area (TPSA) is 64.6 Å². The van der Waals surface area contributed by atoms with Crippen LogP contribution < -0.4 is 14.2 Å². The van der Waals surface area contributed by atoms with Gasteiger partial charge in [-0.1, -0.05) is 18.2 Å². The number of hydrogen-bond donors (Lipinski definition) is 1. The molecule has 0 atom stereocenters. The van der Waals surface area contributed by atoms with E-state index in [1.807, 2.05) is 0 Å². The fourth-order valence-electron chi connectivity index (χ4n) is 2.15. The molecule has 0 unspecified atom stereocenters. The Balaban J connectivity index is 2.09. The van der Waals surface area contributed by atoms with Gasteiger partial charge in [-0.05, 0) is 52.2 Å². The van der Waals surface area contributed by atoms with Gasteiger partial charge in [0, 0.05) is 6.54 Å². The molecule has 2 aromatic rings. The third-order valence-electron chi connectivity index (χ3n) is 3.29. The van der Waals surface area contributed by atoms with Gasteiger partial charge in [0.15, 0.2) is 0 Å². The first-order chi connectivity index (χ1) is 12.1. The summed E-state index contributed by atoms with van der Waals surface area (Å²) in [4.78, 5) is -0.576. The molecule has 0 aliphatic rings. The van der Waals surface area contributed by atoms with E-state index in [4.69, 9.17) is 4.74 Å². The lowest BCUT2D eigenvalue weighted by Crippen LogP contribution is -2.27. The largest absolute Gasteiger partial charge is 0.573 e. The van der Waals surface area contributed by atoms with Gasteiger partial charge in [-0.15, -0.1) is 13.2 Å². The zero-order chi connectivity index (χ0) is 19.4. The van der Waals surface area contributed by atoms with E-state index in [2.05, 4.69) is 25.4 Å². The zero-order valence-corrected chi connectivity index (χ0v) is 15.9. The minimum atomic E-state index is -4.99. The van der Waals surface area contributed by atoms with Crippen LogP contribution in [0.1, 0.15) is 5.56 Å². The molecule has 142 valence electrons. The monoisotopic (exact) mass is 453 g/mol. The molecule has 0 saturated heterocycles. The molecule has 0 fully saturated rings. The van der Waals surface area contributed by atoms with Crippen LogP contribution >= 0.6 is 15.9 Å². The molecule has 0 aliphatic heterocycles. The van der Waals surface area contributed by atoms with Crippen LogP contribution in [-0.2, 0) is 16.4 Å². The number of para-hydroxylation sites is 1. The maximum atomic E-state index is 12.4. The highest BCUT2D eigenvalue weighted by atomic mass is 79.9. The molecule has 26 heavy (non-hydrogen) atoms. The third-order valence-corrected chi connectivity index (χ3v) is 5.41. The second-order valence-corrected chi connectivity index (χ2v) is 7.70. The van der Waals surface area contributed by atoms with Crippen molar-refractivity contribution in [2.24, 2.45) is 0 Å². The van der Waals surface area contributed by atoms with E-state index in [9.17, 15) is 21.6 Å². The summed E-state index contributed by atoms with van der Waals surface area (Å²) in [5.41, 5.74) is 0.820. The first kappa shape index (κ1) is 20.5. The normalized spacial score (nSPS) is 12.0. The van der Waals surface area contributed by atoms with E-state index in [-0.39, 0.29) is 6.54 Å². The van der Waals surface area contributed by atoms with E-state index < -0.39 is 27.0 Å². The van der Waals surface area contributed by atoms with E-state index >= 15 is 0 Å². The first-order valence-electron chi connectivity index (χ1n) is 7.29. The SMILES string of the molecule is COc1ccc(CCNS(=O)(=O)c2ccccc2OC(F)(F)F)cc1Br. The molecule has 1 N–H and O–H groups in total. The average Bonchev–Trinajstić information content (AvgIpc) is 2.54. The molecular weight excluding hydrogens is 439 g/mol. The fraction of sp³-hybridized carbons (Fsp3) is 0.250. The minimum Gasteiger partial charge on any atom is -0.496 e. The summed E-state index contributed by atoms with van der Waals surface area (Å²) in [5.74, 6) is -0.146. The molecule has 0 aromatic heterocycles. The number of methoxy groups -OCH3 is 1. The summed E-state index contributed by atoms with van der Waals surface area (Å²) in [7, 11) is -2.65. The Morgan fingerprint density at radius 1 is 1.12 bits per heavy atom. The minimum absolute atomic E-state index is 0.00144. The highest BCUT2D eigenvalue weighted by Gasteiger charge is 2.33. The van der Waals surface area contributed by atoms with Gasteiger partial charge in [-0.25, -0.2) is 13.1 Å². The van der Waals surface area contributed by atoms with Gasteiger partial charge in [0.1, 0.15) is 16.4 Å². The van der Waals surface area contributed by atoms with Crippen molar-refractivity contribution in [3.8, 4) is 11.5 Å². The van der Waals surface area contributed by atoms with Crippen LogP contribution in [0.2, 0.25) is 0 Å². The molecule has 0 bridgehead atoms. The molecule has 0 radical (unpaired) electrons. The van der Waals surface area contributed by atoms with Gasteiger partial charge >= 0.3 is 6.36 Å². The molecular formula is C16H15BrF3NO4S. The van der Waals surface area contributed by atoms with E-state index in [1.165, 1.54) is 19.2 Å². The van der Waals surface area contributed by atoms with Crippen molar-refractivity contribution in [3.05, 3.63) is 52.5 Å². The number of rotatable bonds is 7. The number of sulfonamides is 1. The maximum Gasteiger partial charge on any atom is 0.573 e. The van der Waals surface area contributed by atoms with E-state index in [0.29, 0.717) is 16.6 Å². The van der Waals surface area contributed by atoms with Crippen molar-refractivity contribution in [2.45, 2.75) is 17.7 Å². The van der Waals surface area contributed by atoms with E-state index in [0.717, 1.165) is 17.7 Å². The van der Waals surface area contributed by atoms with Crippen molar-refractivity contribution in [2.75, 3.05) is 13.7 Å². The summed E-state index contributed by atoms with van der Waals surface area (Å²) in [6.07, 6.45) is -4.65. The van der Waals surface area contributed by atoms with Gasteiger partial charge in [-0.2, -0.15) is 0 Å². The summed E-state index contributed by atoms with van der Waals surface area (Å²) >= 11 is 3.33. The van der Waals surface area contributed by atoms with E-state index in [1.54, 1.807) is 18.2 Å². The summed E-state index contributed by atoms with van der Waals surface area (Å²) in [6.45, 7) is 0.00144. The fourth-order valence-corrected chi connectivity index (χ4v) is 3.90. The smallest absolute Gasteiger partial charge is 0.496 e. The molecule has 0 saturated carbocycles. The van der Waals surface area contributed by atoms with Gasteiger partial charge in [0.25, 0.3) is 0 Å². The Morgan fingerprint density at radius 3 is 2.42 bits per heavy atom. The highest BCUT2D eigenvalue weighted by Crippen LogP contribution is 2.29. The molecule has 2 aromatic carbocycles. The standard InChI is InChI=1S/C16H15BrF3NO4S/c1-24-13-7-6-11(10-12(13)17)8-9-21-26(22,23)15-5-3-2-4-14(15)25-16(18,19)20/h2-7,10,21H,8-9H2,1H3. The molecule has 0 aliphatic carbocycles. The number of benzene rings is 2. The van der Waals surface area contributed by atoms with Crippen LogP contribution in [0.3, 0.4) is 0 Å². The van der Waals surface area contributed by atoms with Crippen LogP contribution in [0, 0.1) is 0 Å². The van der Waals surface area contributed by atoms with Gasteiger partial charge in [0.2, 0.25) is 10.0 Å². The van der Waals surface area contributed by atoms with Gasteiger partial charge in [-0.3, -0.25) is 0 Å². The second-order valence-electron chi connectivity index (χ2n) is 5.11. The molecule has 10 heteroatoms. The lowest BCUT2D eigenvalue weighted by atomic mass is 10.1. The number of hydrogen-bond acceptors (Lipinski definition) is 4. The Hall–Kier alpha value is -1.78. The zero-order valence-electron chi connectivity index (χ0n) is 13.5. The number of nitrogens with one attached hydrogen (secondary N) is 1. The van der Waals surface area contributed by atoms with Gasteiger partial charge < -0.3 is 9.47 Å². The molecule has 0 spiro atoms. The summed E-state index contributed by atoms with van der Waals surface area (Å²) in [5, 5.41) is 0. The van der Waals surface area contributed by atoms with Crippen LogP contribution in [-0.4, -0.2) is 28.4 Å². The lowest BCUT2D eigenvalue weighted by molar-refractivity contribution is -0.275. The number of alkyl halides is 3. The Bertz CT molecular complexity index is 872. The molecule has 0 amide bonds. The van der Waals surface area contributed by atoms with Crippen molar-refractivity contribution in [3.63, 3.8) is 0 Å². The molecule has 0 heterocycles. The molecule has 5 nitrogen and oxygen atoms in total. The van der Waals surface area contributed by atoms with Crippen LogP contribution in [0.15, 0.2) is 51.8 Å². The Labute approximate surface area is 157 Å². The summed E-state index contributed by atoms with van der Waals surface area (Å²) in [6, 6.07) is 9.83. The Morgan fingerprint density at radius 2 is 1.81 bits per heavy atom. The first-order valence-corrected chi connectivity index (χ1v) is 9.57. The van der Waals surface area contributed by atoms with Crippen LogP contribution in [0.25, 0.3) is 0 Å². The Kier molecular flexibility index (Phi) is 6.53. The number of ether oxygens (including phenoxy) is 2. The third kappa shape index (κ3) is 5.61. The second kappa shape index (κ2) is 8.28. The lowest BCUT2D eigenvalue weighted by Gasteiger charge is -2.14. The van der Waals surface area contributed by atoms with Crippen molar-refractivity contribution in [1.29, 1.82) is 0 Å². The maximum absolute atomic E-state index is 12.4. The predicted molar refractivity (Wildman–Crippen MR) is 92.7 cm³/mol. The van der Waals surface area contributed by atoms with Crippen LogP contribution in [0.4, 0.5) is 13.2 Å². The van der Waals surface area contributed by atoms with Crippen molar-refractivity contribution in [1.82, 2.24) is 4.72 Å².